The van der Waals surface area contributed by atoms with Crippen LogP contribution < -0.4 is 0 Å². The molecule has 0 N–H and O–H groups in total. The van der Waals surface area contributed by atoms with Crippen LogP contribution in [0.25, 0.3) is 0 Å². The van der Waals surface area contributed by atoms with Crippen molar-refractivity contribution in [3.05, 3.63) is 41.5 Å². The molecule has 0 amide bonds. The summed E-state index contributed by atoms with van der Waals surface area (Å²) in [7, 11) is 0. The summed E-state index contributed by atoms with van der Waals surface area (Å²) in [5.41, 5.74) is 0.592. The minimum Gasteiger partial charge on any atom is -0.231 e. The van der Waals surface area contributed by atoms with E-state index in [1.54, 1.807) is 18.2 Å². The van der Waals surface area contributed by atoms with Crippen LogP contribution in [0, 0.1) is 23.2 Å². The van der Waals surface area contributed by atoms with Crippen molar-refractivity contribution in [1.82, 2.24) is 0 Å². The quantitative estimate of drug-likeness (QED) is 0.332. The maximum Gasteiger partial charge on any atom is 0.186 e. The second-order valence-electron chi connectivity index (χ2n) is 2.20. The summed E-state index contributed by atoms with van der Waals surface area (Å²) in [5.74, 6) is 6.55. The molecule has 2 heteroatoms. The highest BCUT2D eigenvalue weighted by Gasteiger charge is 1.86. The number of rotatable bonds is 0. The van der Waals surface area contributed by atoms with Crippen molar-refractivity contribution < 1.29 is 4.79 Å². The zero-order valence-corrected chi connectivity index (χ0v) is 6.74. The van der Waals surface area contributed by atoms with Gasteiger partial charge in [-0.3, -0.25) is 0 Å². The third-order valence-corrected chi connectivity index (χ3v) is 1.32. The van der Waals surface area contributed by atoms with E-state index >= 15 is 0 Å². The highest BCUT2D eigenvalue weighted by atomic mass is 16.1. The van der Waals surface area contributed by atoms with E-state index in [-0.39, 0.29) is 5.57 Å². The van der Waals surface area contributed by atoms with E-state index in [2.05, 4.69) is 11.8 Å². The molecule has 0 aliphatic heterocycles. The molecule has 1 rings (SSSR count). The second-order valence-corrected chi connectivity index (χ2v) is 2.20. The van der Waals surface area contributed by atoms with Crippen molar-refractivity contribution in [3.63, 3.8) is 0 Å². The van der Waals surface area contributed by atoms with E-state index in [9.17, 15) is 4.79 Å². The lowest BCUT2D eigenvalue weighted by atomic mass is 10.2. The molecule has 0 heterocycles. The third kappa shape index (κ3) is 2.67. The minimum absolute atomic E-state index is 0.177. The van der Waals surface area contributed by atoms with E-state index in [1.807, 2.05) is 18.2 Å². The van der Waals surface area contributed by atoms with Gasteiger partial charge < -0.3 is 0 Å². The van der Waals surface area contributed by atoms with E-state index < -0.39 is 0 Å². The first-order chi connectivity index (χ1) is 6.36. The fraction of sp³-hybridized carbons (Fsp3) is 0. The molecule has 0 aliphatic carbocycles. The Morgan fingerprint density at radius 3 is 2.46 bits per heavy atom. The predicted molar refractivity (Wildman–Crippen MR) is 48.1 cm³/mol. The first kappa shape index (κ1) is 8.81. The minimum atomic E-state index is -0.177. The molecule has 0 atom stereocenters. The van der Waals surface area contributed by atoms with Crippen molar-refractivity contribution in [1.29, 1.82) is 5.26 Å². The van der Waals surface area contributed by atoms with Gasteiger partial charge in [0.15, 0.2) is 11.5 Å². The number of nitrogens with zero attached hydrogens (tertiary/aromatic N) is 1. The highest BCUT2D eigenvalue weighted by molar-refractivity contribution is 5.67. The van der Waals surface area contributed by atoms with Crippen molar-refractivity contribution >= 4 is 5.94 Å². The van der Waals surface area contributed by atoms with Crippen LogP contribution in [0.3, 0.4) is 0 Å². The van der Waals surface area contributed by atoms with Crippen LogP contribution in [-0.4, -0.2) is 5.94 Å². The second kappa shape index (κ2) is 4.57. The van der Waals surface area contributed by atoms with Gasteiger partial charge in [-0.05, 0) is 18.1 Å². The van der Waals surface area contributed by atoms with Gasteiger partial charge in [0.1, 0.15) is 6.07 Å². The molecule has 13 heavy (non-hydrogen) atoms. The molecule has 2 nitrogen and oxygen atoms in total. The molecule has 1 aromatic rings. The Morgan fingerprint density at radius 1 is 1.23 bits per heavy atom. The summed E-state index contributed by atoms with van der Waals surface area (Å²) in [6.07, 6.45) is 0. The molecule has 0 aliphatic rings. The van der Waals surface area contributed by atoms with E-state index in [0.29, 0.717) is 0 Å². The monoisotopic (exact) mass is 167 g/mol. The molecule has 0 unspecified atom stereocenters. The fourth-order valence-electron chi connectivity index (χ4n) is 0.732. The lowest BCUT2D eigenvalue weighted by Gasteiger charge is -1.84. The van der Waals surface area contributed by atoms with Gasteiger partial charge in [-0.15, -0.1) is 0 Å². The zero-order chi connectivity index (χ0) is 9.52. The fourth-order valence-corrected chi connectivity index (χ4v) is 0.732. The number of allylic oxidation sites excluding steroid dienone is 1. The third-order valence-electron chi connectivity index (χ3n) is 1.32. The SMILES string of the molecule is N#CC(=C=O)C#Cc1ccccc1. The summed E-state index contributed by atoms with van der Waals surface area (Å²) in [6, 6.07) is 10.8. The Morgan fingerprint density at radius 2 is 1.92 bits per heavy atom. The summed E-state index contributed by atoms with van der Waals surface area (Å²) < 4.78 is 0. The van der Waals surface area contributed by atoms with Gasteiger partial charge >= 0.3 is 0 Å². The first-order valence-corrected chi connectivity index (χ1v) is 3.59. The van der Waals surface area contributed by atoms with Crippen LogP contribution in [0.4, 0.5) is 0 Å². The van der Waals surface area contributed by atoms with Crippen LogP contribution in [0.15, 0.2) is 35.9 Å². The Balaban J connectivity index is 2.93. The molecule has 0 saturated heterocycles. The summed E-state index contributed by atoms with van der Waals surface area (Å²) in [5, 5.41) is 8.35. The predicted octanol–water partition coefficient (Wildman–Crippen LogP) is 1.32. The van der Waals surface area contributed by atoms with Gasteiger partial charge in [0.25, 0.3) is 0 Å². The maximum absolute atomic E-state index is 10.1. The lowest BCUT2D eigenvalue weighted by molar-refractivity contribution is 0.568. The van der Waals surface area contributed by atoms with Crippen LogP contribution in [0.1, 0.15) is 5.56 Å². The van der Waals surface area contributed by atoms with Crippen LogP contribution >= 0.6 is 0 Å². The normalized spacial score (nSPS) is 7.31. The molecule has 1 aromatic carbocycles. The van der Waals surface area contributed by atoms with Gasteiger partial charge in [0.05, 0.1) is 0 Å². The summed E-state index contributed by atoms with van der Waals surface area (Å²) in [4.78, 5) is 10.1. The number of benzene rings is 1. The van der Waals surface area contributed by atoms with Crippen molar-refractivity contribution in [2.75, 3.05) is 0 Å². The summed E-state index contributed by atoms with van der Waals surface area (Å²) in [6.45, 7) is 0. The number of nitriles is 1. The number of hydrogen-bond acceptors (Lipinski definition) is 2. The Labute approximate surface area is 76.1 Å². The van der Waals surface area contributed by atoms with Crippen LogP contribution in [-0.2, 0) is 4.79 Å². The molecule has 0 radical (unpaired) electrons. The lowest BCUT2D eigenvalue weighted by Crippen LogP contribution is -1.74. The van der Waals surface area contributed by atoms with E-state index in [0.717, 1.165) is 5.56 Å². The van der Waals surface area contributed by atoms with Gasteiger partial charge in [0, 0.05) is 5.56 Å². The number of carbonyl (C=O) groups excluding carboxylic acids is 1. The molecular formula is C11H5NO. The molecule has 0 spiro atoms. The Kier molecular flexibility index (Phi) is 3.10. The highest BCUT2D eigenvalue weighted by Crippen LogP contribution is 1.95. The largest absolute Gasteiger partial charge is 0.231 e. The average Bonchev–Trinajstić information content (AvgIpc) is 2.21. The van der Waals surface area contributed by atoms with Gasteiger partial charge in [0.2, 0.25) is 0 Å². The standard InChI is InChI=1S/C11H5NO/c12-8-11(9-13)7-6-10-4-2-1-3-5-10/h1-5H. The smallest absolute Gasteiger partial charge is 0.186 e. The Bertz CT molecular complexity index is 436. The Hall–Kier alpha value is -2.28. The van der Waals surface area contributed by atoms with Crippen LogP contribution in [0.5, 0.6) is 0 Å². The molecule has 0 fully saturated rings. The molecule has 0 bridgehead atoms. The molecule has 60 valence electrons. The topological polar surface area (TPSA) is 40.9 Å². The van der Waals surface area contributed by atoms with Gasteiger partial charge in [-0.1, -0.05) is 24.1 Å². The molecular weight excluding hydrogens is 162 g/mol. The van der Waals surface area contributed by atoms with E-state index in [4.69, 9.17) is 5.26 Å². The van der Waals surface area contributed by atoms with E-state index in [1.165, 1.54) is 5.94 Å². The maximum atomic E-state index is 10.1. The average molecular weight is 167 g/mol. The van der Waals surface area contributed by atoms with Crippen molar-refractivity contribution in [3.8, 4) is 17.9 Å². The molecule has 0 saturated carbocycles. The van der Waals surface area contributed by atoms with Gasteiger partial charge in [-0.2, -0.15) is 5.26 Å². The van der Waals surface area contributed by atoms with Crippen molar-refractivity contribution in [2.24, 2.45) is 0 Å². The van der Waals surface area contributed by atoms with Crippen molar-refractivity contribution in [2.45, 2.75) is 0 Å². The van der Waals surface area contributed by atoms with Gasteiger partial charge in [-0.25, -0.2) is 4.79 Å². The van der Waals surface area contributed by atoms with Crippen LogP contribution in [0.2, 0.25) is 0 Å². The first-order valence-electron chi connectivity index (χ1n) is 3.59. The number of hydrogen-bond donors (Lipinski definition) is 0. The summed E-state index contributed by atoms with van der Waals surface area (Å²) >= 11 is 0. The molecule has 0 aromatic heterocycles. The zero-order valence-electron chi connectivity index (χ0n) is 6.74.